The summed E-state index contributed by atoms with van der Waals surface area (Å²) in [6, 6.07) is 5.33. The number of amides is 2. The molecule has 8 heteroatoms. The number of aryl methyl sites for hydroxylation is 2. The van der Waals surface area contributed by atoms with Crippen LogP contribution in [0.5, 0.6) is 11.5 Å². The minimum absolute atomic E-state index is 0.0211. The molecule has 0 N–H and O–H groups in total. The zero-order valence-corrected chi connectivity index (χ0v) is 19.8. The lowest BCUT2D eigenvalue weighted by Gasteiger charge is -2.33. The molecule has 2 amide bonds. The SMILES string of the molecule is COc1cccc(OC)c1C(=O)N1CCC[C@H](c2nc(C)c(CC(=O)N(C)C)c(C)n2)C1. The van der Waals surface area contributed by atoms with Gasteiger partial charge in [-0.05, 0) is 38.8 Å². The summed E-state index contributed by atoms with van der Waals surface area (Å²) in [5, 5.41) is 0. The van der Waals surface area contributed by atoms with E-state index in [9.17, 15) is 9.59 Å². The first-order valence-corrected chi connectivity index (χ1v) is 10.8. The maximum absolute atomic E-state index is 13.4. The van der Waals surface area contributed by atoms with Crippen LogP contribution in [0.3, 0.4) is 0 Å². The highest BCUT2D eigenvalue weighted by Gasteiger charge is 2.31. The largest absolute Gasteiger partial charge is 0.496 e. The van der Waals surface area contributed by atoms with Gasteiger partial charge in [0.25, 0.3) is 5.91 Å². The molecule has 0 saturated carbocycles. The van der Waals surface area contributed by atoms with Gasteiger partial charge >= 0.3 is 0 Å². The van der Waals surface area contributed by atoms with Crippen LogP contribution in [0.2, 0.25) is 0 Å². The van der Waals surface area contributed by atoms with E-state index in [-0.39, 0.29) is 24.2 Å². The average molecular weight is 441 g/mol. The number of carbonyl (C=O) groups is 2. The van der Waals surface area contributed by atoms with E-state index < -0.39 is 0 Å². The topological polar surface area (TPSA) is 84.9 Å². The van der Waals surface area contributed by atoms with Gasteiger partial charge in [-0.25, -0.2) is 9.97 Å². The Morgan fingerprint density at radius 1 is 1.09 bits per heavy atom. The van der Waals surface area contributed by atoms with Crippen LogP contribution in [-0.4, -0.2) is 73.0 Å². The van der Waals surface area contributed by atoms with E-state index >= 15 is 0 Å². The van der Waals surface area contributed by atoms with Gasteiger partial charge in [-0.3, -0.25) is 9.59 Å². The smallest absolute Gasteiger partial charge is 0.261 e. The number of likely N-dealkylation sites (N-methyl/N-ethyl adjacent to an activating group) is 1. The van der Waals surface area contributed by atoms with E-state index in [1.165, 1.54) is 0 Å². The fraction of sp³-hybridized carbons (Fsp3) is 0.500. The molecule has 0 bridgehead atoms. The number of piperidine rings is 1. The molecular formula is C24H32N4O4. The Hall–Kier alpha value is -3.16. The summed E-state index contributed by atoms with van der Waals surface area (Å²) in [5.41, 5.74) is 2.94. The van der Waals surface area contributed by atoms with Crippen molar-refractivity contribution in [3.63, 3.8) is 0 Å². The Morgan fingerprint density at radius 2 is 1.69 bits per heavy atom. The van der Waals surface area contributed by atoms with Crippen LogP contribution >= 0.6 is 0 Å². The first-order valence-electron chi connectivity index (χ1n) is 10.8. The number of hydrogen-bond acceptors (Lipinski definition) is 6. The maximum atomic E-state index is 13.4. The van der Waals surface area contributed by atoms with Crippen molar-refractivity contribution in [1.82, 2.24) is 19.8 Å². The summed E-state index contributed by atoms with van der Waals surface area (Å²) >= 11 is 0. The van der Waals surface area contributed by atoms with Crippen molar-refractivity contribution in [3.05, 3.63) is 46.5 Å². The van der Waals surface area contributed by atoms with E-state index in [0.717, 1.165) is 35.6 Å². The van der Waals surface area contributed by atoms with E-state index in [4.69, 9.17) is 19.4 Å². The number of nitrogens with zero attached hydrogens (tertiary/aromatic N) is 4. The number of carbonyl (C=O) groups excluding carboxylic acids is 2. The van der Waals surface area contributed by atoms with Crippen molar-refractivity contribution >= 4 is 11.8 Å². The fourth-order valence-electron chi connectivity index (χ4n) is 4.11. The lowest BCUT2D eigenvalue weighted by molar-refractivity contribution is -0.128. The van der Waals surface area contributed by atoms with Crippen molar-refractivity contribution in [2.24, 2.45) is 0 Å². The molecule has 1 aromatic heterocycles. The molecule has 8 nitrogen and oxygen atoms in total. The number of likely N-dealkylation sites (tertiary alicyclic amines) is 1. The summed E-state index contributed by atoms with van der Waals surface area (Å²) in [4.78, 5) is 38.4. The molecule has 1 fully saturated rings. The second-order valence-corrected chi connectivity index (χ2v) is 8.32. The second kappa shape index (κ2) is 9.97. The summed E-state index contributed by atoms with van der Waals surface area (Å²) in [6.45, 7) is 5.02. The Labute approximate surface area is 189 Å². The third-order valence-electron chi connectivity index (χ3n) is 5.98. The quantitative estimate of drug-likeness (QED) is 0.687. The Morgan fingerprint density at radius 3 is 2.22 bits per heavy atom. The zero-order valence-electron chi connectivity index (χ0n) is 19.8. The van der Waals surface area contributed by atoms with Gasteiger partial charge < -0.3 is 19.3 Å². The van der Waals surface area contributed by atoms with Gasteiger partial charge in [0, 0.05) is 50.1 Å². The van der Waals surface area contributed by atoms with Crippen LogP contribution < -0.4 is 9.47 Å². The van der Waals surface area contributed by atoms with Gasteiger partial charge in [-0.15, -0.1) is 0 Å². The zero-order chi connectivity index (χ0) is 23.4. The first kappa shape index (κ1) is 23.5. The second-order valence-electron chi connectivity index (χ2n) is 8.32. The van der Waals surface area contributed by atoms with Gasteiger partial charge in [0.05, 0.1) is 20.6 Å². The molecule has 0 spiro atoms. The van der Waals surface area contributed by atoms with Crippen LogP contribution in [0.1, 0.15) is 51.9 Å². The van der Waals surface area contributed by atoms with Crippen molar-refractivity contribution in [2.45, 2.75) is 39.0 Å². The highest BCUT2D eigenvalue weighted by molar-refractivity contribution is 5.99. The third kappa shape index (κ3) is 4.84. The summed E-state index contributed by atoms with van der Waals surface area (Å²) in [5.74, 6) is 1.65. The van der Waals surface area contributed by atoms with Crippen LogP contribution in [0.4, 0.5) is 0 Å². The minimum Gasteiger partial charge on any atom is -0.496 e. The molecule has 172 valence electrons. The molecule has 3 rings (SSSR count). The van der Waals surface area contributed by atoms with Gasteiger partial charge in [-0.1, -0.05) is 6.07 Å². The molecule has 1 saturated heterocycles. The monoisotopic (exact) mass is 440 g/mol. The lowest BCUT2D eigenvalue weighted by Crippen LogP contribution is -2.40. The Balaban J connectivity index is 1.84. The molecule has 1 aliphatic heterocycles. The minimum atomic E-state index is -0.120. The van der Waals surface area contributed by atoms with Gasteiger partial charge in [-0.2, -0.15) is 0 Å². The normalized spacial score (nSPS) is 15.9. The molecule has 1 aliphatic rings. The average Bonchev–Trinajstić information content (AvgIpc) is 2.79. The molecule has 1 aromatic carbocycles. The van der Waals surface area contributed by atoms with E-state index in [0.29, 0.717) is 30.2 Å². The van der Waals surface area contributed by atoms with Crippen LogP contribution in [0.25, 0.3) is 0 Å². The van der Waals surface area contributed by atoms with Gasteiger partial charge in [0.2, 0.25) is 5.91 Å². The number of ether oxygens (including phenoxy) is 2. The van der Waals surface area contributed by atoms with Crippen LogP contribution in [-0.2, 0) is 11.2 Å². The molecular weight excluding hydrogens is 408 g/mol. The summed E-state index contributed by atoms with van der Waals surface area (Å²) < 4.78 is 10.8. The maximum Gasteiger partial charge on any atom is 0.261 e. The molecule has 0 unspecified atom stereocenters. The van der Waals surface area contributed by atoms with Gasteiger partial charge in [0.15, 0.2) is 0 Å². The third-order valence-corrected chi connectivity index (χ3v) is 5.98. The highest BCUT2D eigenvalue weighted by Crippen LogP contribution is 2.32. The number of aromatic nitrogens is 2. The van der Waals surface area contributed by atoms with E-state index in [1.807, 2.05) is 18.7 Å². The van der Waals surface area contributed by atoms with Gasteiger partial charge in [0.1, 0.15) is 22.9 Å². The van der Waals surface area contributed by atoms with Crippen LogP contribution in [0.15, 0.2) is 18.2 Å². The molecule has 2 aromatic rings. The lowest BCUT2D eigenvalue weighted by atomic mass is 9.95. The number of methoxy groups -OCH3 is 2. The number of benzene rings is 1. The number of hydrogen-bond donors (Lipinski definition) is 0. The molecule has 0 radical (unpaired) electrons. The Kier molecular flexibility index (Phi) is 7.33. The highest BCUT2D eigenvalue weighted by atomic mass is 16.5. The van der Waals surface area contributed by atoms with E-state index in [1.54, 1.807) is 51.4 Å². The predicted octanol–water partition coefficient (Wildman–Crippen LogP) is 2.76. The first-order chi connectivity index (χ1) is 15.3. The Bertz CT molecular complexity index is 960. The standard InChI is InChI=1S/C24H32N4O4/c1-15-18(13-21(29)27(3)4)16(2)26-23(25-15)17-9-8-12-28(14-17)24(30)22-19(31-5)10-7-11-20(22)32-6/h7,10-11,17H,8-9,12-14H2,1-6H3/t17-/m0/s1. The molecule has 1 atom stereocenters. The summed E-state index contributed by atoms with van der Waals surface area (Å²) in [6.07, 6.45) is 2.05. The van der Waals surface area contributed by atoms with Crippen molar-refractivity contribution in [3.8, 4) is 11.5 Å². The number of rotatable bonds is 6. The fourth-order valence-corrected chi connectivity index (χ4v) is 4.11. The van der Waals surface area contributed by atoms with Crippen molar-refractivity contribution in [1.29, 1.82) is 0 Å². The summed E-state index contributed by atoms with van der Waals surface area (Å²) in [7, 11) is 6.58. The van der Waals surface area contributed by atoms with E-state index in [2.05, 4.69) is 0 Å². The van der Waals surface area contributed by atoms with Crippen molar-refractivity contribution in [2.75, 3.05) is 41.4 Å². The van der Waals surface area contributed by atoms with Crippen molar-refractivity contribution < 1.29 is 19.1 Å². The molecule has 32 heavy (non-hydrogen) atoms. The predicted molar refractivity (Wildman–Crippen MR) is 121 cm³/mol. The molecule has 0 aliphatic carbocycles. The molecule has 2 heterocycles. The van der Waals surface area contributed by atoms with Crippen LogP contribution in [0, 0.1) is 13.8 Å².